The number of hydrogen-bond acceptors (Lipinski definition) is 4. The van der Waals surface area contributed by atoms with E-state index < -0.39 is 24.2 Å². The lowest BCUT2D eigenvalue weighted by Gasteiger charge is -2.39. The third-order valence-electron chi connectivity index (χ3n) is 7.77. The Morgan fingerprint density at radius 1 is 0.727 bits per heavy atom. The second kappa shape index (κ2) is 14.9. The largest absolute Gasteiger partial charge is 0.489 e. The van der Waals surface area contributed by atoms with E-state index in [1.165, 1.54) is 11.1 Å². The number of aliphatic hydroxyl groups excluding tert-OH is 1. The summed E-state index contributed by atoms with van der Waals surface area (Å²) in [7, 11) is -1.89. The Morgan fingerprint density at radius 2 is 1.32 bits per heavy atom. The van der Waals surface area contributed by atoms with Crippen LogP contribution in [0.4, 0.5) is 0 Å². The Kier molecular flexibility index (Phi) is 12.3. The zero-order chi connectivity index (χ0) is 33.0. The molecule has 0 saturated heterocycles. The lowest BCUT2D eigenvalue weighted by Crippen LogP contribution is -2.31. The number of ether oxygens (including phenoxy) is 1. The number of aryl methyl sites for hydroxylation is 1. The fraction of sp³-hybridized carbons (Fsp3) is 0.526. The quantitative estimate of drug-likeness (QED) is 0.202. The Hall–Kier alpha value is -2.23. The summed E-state index contributed by atoms with van der Waals surface area (Å²) in [6.07, 6.45) is -0.541. The van der Waals surface area contributed by atoms with Crippen LogP contribution in [0.5, 0.6) is 5.75 Å². The Balaban J connectivity index is 1.97. The van der Waals surface area contributed by atoms with Crippen LogP contribution in [0.2, 0.25) is 26.2 Å². The molecule has 1 N–H and O–H groups in total. The fourth-order valence-corrected chi connectivity index (χ4v) is 7.47. The topological polar surface area (TPSA) is 47.9 Å². The average Bonchev–Trinajstić information content (AvgIpc) is 2.91. The summed E-state index contributed by atoms with van der Waals surface area (Å²) in [6.45, 7) is 29.1. The Bertz CT molecular complexity index is 1370. The highest BCUT2D eigenvalue weighted by Crippen LogP contribution is 2.45. The minimum atomic E-state index is -0.955. The first kappa shape index (κ1) is 36.2. The van der Waals surface area contributed by atoms with Crippen molar-refractivity contribution in [1.82, 2.24) is 0 Å². The number of hydrogen-bond donors (Lipinski definition) is 1. The van der Waals surface area contributed by atoms with Crippen molar-refractivity contribution in [2.24, 2.45) is 16.7 Å². The van der Waals surface area contributed by atoms with Gasteiger partial charge in [0.05, 0.1) is 18.3 Å². The predicted octanol–water partition coefficient (Wildman–Crippen LogP) is 10.6. The van der Waals surface area contributed by atoms with Crippen molar-refractivity contribution in [3.05, 3.63) is 88.5 Å². The third kappa shape index (κ3) is 9.64. The molecule has 3 unspecified atom stereocenters. The van der Waals surface area contributed by atoms with Crippen LogP contribution < -0.4 is 4.74 Å². The lowest BCUT2D eigenvalue weighted by molar-refractivity contribution is 0.0655. The molecular weight excluding hydrogens is 577 g/mol. The number of rotatable bonds is 12. The van der Waals surface area contributed by atoms with Crippen LogP contribution in [0.25, 0.3) is 11.1 Å². The first-order valence-electron chi connectivity index (χ1n) is 16.0. The minimum absolute atomic E-state index is 0.0258. The summed E-state index contributed by atoms with van der Waals surface area (Å²) in [6, 6.07) is 21.3. The summed E-state index contributed by atoms with van der Waals surface area (Å²) in [5.41, 5.74) is 7.74. The molecule has 0 aromatic heterocycles. The van der Waals surface area contributed by atoms with Gasteiger partial charge in [0.25, 0.3) is 0 Å². The van der Waals surface area contributed by atoms with Gasteiger partial charge in [-0.2, -0.15) is 0 Å². The zero-order valence-corrected chi connectivity index (χ0v) is 31.5. The van der Waals surface area contributed by atoms with Crippen LogP contribution in [0.3, 0.4) is 0 Å². The van der Waals surface area contributed by atoms with Crippen LogP contribution >= 0.6 is 0 Å². The van der Waals surface area contributed by atoms with E-state index >= 15 is 0 Å². The lowest BCUT2D eigenvalue weighted by atomic mass is 9.77. The molecule has 0 spiro atoms. The molecule has 0 bridgehead atoms. The molecule has 0 saturated carbocycles. The van der Waals surface area contributed by atoms with Gasteiger partial charge in [-0.25, -0.2) is 0 Å². The van der Waals surface area contributed by atoms with Crippen molar-refractivity contribution >= 4 is 18.1 Å². The maximum atomic E-state index is 10.5. The van der Waals surface area contributed by atoms with Gasteiger partial charge in [-0.05, 0) is 107 Å². The molecule has 44 heavy (non-hydrogen) atoms. The molecule has 6 heteroatoms. The third-order valence-corrected chi connectivity index (χ3v) is 9.18. The molecule has 240 valence electrons. The highest BCUT2D eigenvalue weighted by Gasteiger charge is 2.36. The van der Waals surface area contributed by atoms with Gasteiger partial charge in [-0.15, -0.1) is 0 Å². The molecule has 0 aliphatic heterocycles. The van der Waals surface area contributed by atoms with Crippen LogP contribution in [-0.2, 0) is 15.5 Å². The van der Waals surface area contributed by atoms with Gasteiger partial charge in [-0.1, -0.05) is 97.9 Å². The van der Waals surface area contributed by atoms with Crippen LogP contribution in [0.1, 0.15) is 102 Å². The van der Waals surface area contributed by atoms with Crippen molar-refractivity contribution in [2.75, 3.05) is 0 Å². The molecule has 3 rings (SSSR count). The summed E-state index contributed by atoms with van der Waals surface area (Å²) in [5, 5.41) is 10.5. The molecule has 0 fully saturated rings. The summed E-state index contributed by atoms with van der Waals surface area (Å²) in [4.78, 5) is 0. The van der Waals surface area contributed by atoms with Gasteiger partial charge in [0.1, 0.15) is 12.4 Å². The Morgan fingerprint density at radius 3 is 1.84 bits per heavy atom. The maximum Gasteiger partial charge on any atom is 0.205 e. The van der Waals surface area contributed by atoms with Gasteiger partial charge in [0.2, 0.25) is 18.1 Å². The molecule has 0 aliphatic rings. The van der Waals surface area contributed by atoms with Gasteiger partial charge in [0.15, 0.2) is 0 Å². The first-order valence-corrected chi connectivity index (χ1v) is 20.8. The van der Waals surface area contributed by atoms with E-state index in [1.54, 1.807) is 0 Å². The van der Waals surface area contributed by atoms with E-state index in [1.807, 2.05) is 32.0 Å². The molecular formula is C38H56O4Si2. The van der Waals surface area contributed by atoms with Gasteiger partial charge in [0, 0.05) is 0 Å². The van der Waals surface area contributed by atoms with Gasteiger partial charge in [-0.3, -0.25) is 0 Å². The minimum Gasteiger partial charge on any atom is -0.489 e. The van der Waals surface area contributed by atoms with E-state index in [2.05, 4.69) is 117 Å². The van der Waals surface area contributed by atoms with E-state index in [-0.39, 0.29) is 29.0 Å². The van der Waals surface area contributed by atoms with Crippen molar-refractivity contribution in [2.45, 2.75) is 113 Å². The average molecular weight is 633 g/mol. The van der Waals surface area contributed by atoms with Crippen molar-refractivity contribution in [3.8, 4) is 16.9 Å². The molecule has 3 atom stereocenters. The van der Waals surface area contributed by atoms with Crippen LogP contribution in [0, 0.1) is 23.7 Å². The van der Waals surface area contributed by atoms with Crippen molar-refractivity contribution in [3.63, 3.8) is 0 Å². The van der Waals surface area contributed by atoms with Gasteiger partial charge < -0.3 is 18.7 Å². The molecule has 3 aromatic rings. The molecule has 2 radical (unpaired) electrons. The van der Waals surface area contributed by atoms with E-state index in [0.29, 0.717) is 6.61 Å². The maximum absolute atomic E-state index is 10.5. The molecule has 3 aromatic carbocycles. The molecule has 4 nitrogen and oxygen atoms in total. The molecule has 0 aliphatic carbocycles. The summed E-state index contributed by atoms with van der Waals surface area (Å²) < 4.78 is 19.8. The zero-order valence-electron chi connectivity index (χ0n) is 29.5. The van der Waals surface area contributed by atoms with Crippen molar-refractivity contribution < 1.29 is 18.7 Å². The summed E-state index contributed by atoms with van der Waals surface area (Å²) >= 11 is 0. The number of benzene rings is 3. The summed E-state index contributed by atoms with van der Waals surface area (Å²) in [5.74, 6) is 1.00. The first-order chi connectivity index (χ1) is 20.4. The fourth-order valence-electron chi connectivity index (χ4n) is 5.56. The monoisotopic (exact) mass is 632 g/mol. The highest BCUT2D eigenvalue weighted by atomic mass is 28.3. The van der Waals surface area contributed by atoms with E-state index in [4.69, 9.17) is 13.6 Å². The highest BCUT2D eigenvalue weighted by molar-refractivity contribution is 6.48. The SMILES string of the molecule is Cc1cc(C(O)C(C)C)ccc1-c1cccc(OCc2ccc(C(O[Si](C)C)C(C)(C)C)c(C(O[Si](C)C)C(C)(C)C)c2)c1. The van der Waals surface area contributed by atoms with E-state index in [0.717, 1.165) is 33.6 Å². The smallest absolute Gasteiger partial charge is 0.205 e. The van der Waals surface area contributed by atoms with Crippen LogP contribution in [0.15, 0.2) is 60.7 Å². The molecule has 0 heterocycles. The predicted molar refractivity (Wildman–Crippen MR) is 189 cm³/mol. The van der Waals surface area contributed by atoms with E-state index in [9.17, 15) is 5.11 Å². The normalized spacial score (nSPS) is 14.8. The number of aliphatic hydroxyl groups is 1. The Labute approximate surface area is 271 Å². The molecule has 0 amide bonds. The second-order valence-corrected chi connectivity index (χ2v) is 19.2. The standard InChI is InChI=1S/C38H56O4Si2/c1-25(2)34(39)29-18-20-31(26(3)21-29)28-15-14-16-30(23-28)40-24-27-17-19-32(35(37(4,5)6)41-43(10)11)33(22-27)36(38(7,8)9)42-44(12)13/h14-23,25,34-36,39H,24H2,1-13H3. The van der Waals surface area contributed by atoms with Gasteiger partial charge >= 0.3 is 0 Å². The van der Waals surface area contributed by atoms with Crippen molar-refractivity contribution in [1.29, 1.82) is 0 Å². The van der Waals surface area contributed by atoms with Crippen LogP contribution in [-0.4, -0.2) is 23.2 Å². The second-order valence-electron chi connectivity index (χ2n) is 15.1.